The van der Waals surface area contributed by atoms with Crippen LogP contribution in [0.1, 0.15) is 30.8 Å². The van der Waals surface area contributed by atoms with Gasteiger partial charge in [0.2, 0.25) is 0 Å². The normalized spacial score (nSPS) is 10.7. The molecule has 1 N–H and O–H groups in total. The molecule has 19 heavy (non-hydrogen) atoms. The molecule has 2 heterocycles. The molecule has 0 bridgehead atoms. The number of hydrogen-bond donors (Lipinski definition) is 1. The molecule has 0 spiro atoms. The molecule has 0 atom stereocenters. The summed E-state index contributed by atoms with van der Waals surface area (Å²) >= 11 is 5.34. The predicted octanol–water partition coefficient (Wildman–Crippen LogP) is 4.66. The lowest BCUT2D eigenvalue weighted by Crippen LogP contribution is -2.05. The molecule has 2 rings (SSSR count). The zero-order valence-corrected chi connectivity index (χ0v) is 13.9. The third-order valence-corrected chi connectivity index (χ3v) is 4.54. The van der Waals surface area contributed by atoms with Gasteiger partial charge in [-0.05, 0) is 48.3 Å². The second-order valence-electron chi connectivity index (χ2n) is 4.35. The van der Waals surface area contributed by atoms with E-state index in [1.54, 1.807) is 11.3 Å². The van der Waals surface area contributed by atoms with E-state index in [-0.39, 0.29) is 0 Å². The summed E-state index contributed by atoms with van der Waals surface area (Å²) in [6, 6.07) is 4.20. The molecule has 0 saturated carbocycles. The number of nitrogens with zero attached hydrogens (tertiary/aromatic N) is 2. The lowest BCUT2D eigenvalue weighted by Gasteiger charge is -2.11. The standard InChI is InChI=1S/C14H18BrN3S/c1-4-6-10-12(15)14(16-5-2)18-13(17-10)11-8-7-9(3)19-11/h7-8H,4-6H2,1-3H3,(H,16,17,18). The highest BCUT2D eigenvalue weighted by Crippen LogP contribution is 2.31. The summed E-state index contributed by atoms with van der Waals surface area (Å²) in [5.41, 5.74) is 1.08. The molecular formula is C14H18BrN3S. The highest BCUT2D eigenvalue weighted by atomic mass is 79.9. The third-order valence-electron chi connectivity index (χ3n) is 2.71. The van der Waals surface area contributed by atoms with Crippen molar-refractivity contribution in [1.82, 2.24) is 9.97 Å². The monoisotopic (exact) mass is 339 g/mol. The van der Waals surface area contributed by atoms with E-state index >= 15 is 0 Å². The molecule has 0 aromatic carbocycles. The minimum Gasteiger partial charge on any atom is -0.369 e. The third kappa shape index (κ3) is 3.34. The van der Waals surface area contributed by atoms with Gasteiger partial charge in [-0.25, -0.2) is 9.97 Å². The fraction of sp³-hybridized carbons (Fsp3) is 0.429. The second kappa shape index (κ2) is 6.48. The van der Waals surface area contributed by atoms with E-state index in [1.165, 1.54) is 4.88 Å². The Balaban J connectivity index is 2.48. The minimum atomic E-state index is 0.820. The van der Waals surface area contributed by atoms with Gasteiger partial charge in [0.25, 0.3) is 0 Å². The van der Waals surface area contributed by atoms with Crippen molar-refractivity contribution in [2.45, 2.75) is 33.6 Å². The fourth-order valence-corrected chi connectivity index (χ4v) is 3.16. The molecule has 0 aliphatic carbocycles. The second-order valence-corrected chi connectivity index (χ2v) is 6.43. The molecule has 0 amide bonds. The summed E-state index contributed by atoms with van der Waals surface area (Å²) in [6.07, 6.45) is 2.03. The highest BCUT2D eigenvalue weighted by molar-refractivity contribution is 9.10. The van der Waals surface area contributed by atoms with Crippen molar-refractivity contribution >= 4 is 33.1 Å². The molecule has 3 nitrogen and oxygen atoms in total. The molecule has 0 saturated heterocycles. The summed E-state index contributed by atoms with van der Waals surface area (Å²) < 4.78 is 0.994. The summed E-state index contributed by atoms with van der Waals surface area (Å²) in [6.45, 7) is 7.19. The zero-order valence-electron chi connectivity index (χ0n) is 11.5. The number of rotatable bonds is 5. The van der Waals surface area contributed by atoms with E-state index < -0.39 is 0 Å². The molecule has 0 unspecified atom stereocenters. The first-order chi connectivity index (χ1) is 9.15. The van der Waals surface area contributed by atoms with Crippen LogP contribution in [0.3, 0.4) is 0 Å². The molecule has 0 radical (unpaired) electrons. The van der Waals surface area contributed by atoms with Gasteiger partial charge in [-0.15, -0.1) is 11.3 Å². The lowest BCUT2D eigenvalue weighted by atomic mass is 10.2. The van der Waals surface area contributed by atoms with Crippen molar-refractivity contribution in [3.05, 3.63) is 27.2 Å². The molecule has 2 aromatic heterocycles. The Kier molecular flexibility index (Phi) is 4.93. The number of nitrogens with one attached hydrogen (secondary N) is 1. The molecule has 0 fully saturated rings. The summed E-state index contributed by atoms with van der Waals surface area (Å²) in [5.74, 6) is 1.71. The highest BCUT2D eigenvalue weighted by Gasteiger charge is 2.13. The van der Waals surface area contributed by atoms with Crippen molar-refractivity contribution < 1.29 is 0 Å². The molecule has 102 valence electrons. The van der Waals surface area contributed by atoms with Crippen LogP contribution in [0.5, 0.6) is 0 Å². The molecule has 0 aliphatic rings. The Bertz CT molecular complexity index is 539. The van der Waals surface area contributed by atoms with E-state index in [0.29, 0.717) is 0 Å². The number of halogens is 1. The molecular weight excluding hydrogens is 322 g/mol. The largest absolute Gasteiger partial charge is 0.369 e. The van der Waals surface area contributed by atoms with Crippen molar-refractivity contribution in [2.24, 2.45) is 0 Å². The number of thiophene rings is 1. The first kappa shape index (κ1) is 14.5. The summed E-state index contributed by atoms with van der Waals surface area (Å²) in [7, 11) is 0. The van der Waals surface area contributed by atoms with Crippen LogP contribution >= 0.6 is 27.3 Å². The predicted molar refractivity (Wildman–Crippen MR) is 85.9 cm³/mol. The Hall–Kier alpha value is -0.940. The van der Waals surface area contributed by atoms with E-state index in [1.807, 2.05) is 0 Å². The number of anilines is 1. The Morgan fingerprint density at radius 2 is 2.05 bits per heavy atom. The topological polar surface area (TPSA) is 37.8 Å². The first-order valence-electron chi connectivity index (χ1n) is 6.52. The zero-order chi connectivity index (χ0) is 13.8. The van der Waals surface area contributed by atoms with Gasteiger partial charge in [0, 0.05) is 11.4 Å². The number of aromatic nitrogens is 2. The average Bonchev–Trinajstić information content (AvgIpc) is 2.81. The van der Waals surface area contributed by atoms with Crippen molar-refractivity contribution in [2.75, 3.05) is 11.9 Å². The Morgan fingerprint density at radius 1 is 1.26 bits per heavy atom. The summed E-state index contributed by atoms with van der Waals surface area (Å²) in [5, 5.41) is 3.30. The van der Waals surface area contributed by atoms with E-state index in [0.717, 1.165) is 46.1 Å². The van der Waals surface area contributed by atoms with Crippen LogP contribution in [-0.2, 0) is 6.42 Å². The van der Waals surface area contributed by atoms with E-state index in [9.17, 15) is 0 Å². The van der Waals surface area contributed by atoms with Gasteiger partial charge in [-0.1, -0.05) is 13.3 Å². The first-order valence-corrected chi connectivity index (χ1v) is 8.13. The lowest BCUT2D eigenvalue weighted by molar-refractivity contribution is 0.868. The van der Waals surface area contributed by atoms with Crippen LogP contribution in [0.2, 0.25) is 0 Å². The SMILES string of the molecule is CCCc1nc(-c2ccc(C)s2)nc(NCC)c1Br. The van der Waals surface area contributed by atoms with Crippen molar-refractivity contribution in [3.63, 3.8) is 0 Å². The van der Waals surface area contributed by atoms with E-state index in [2.05, 4.69) is 59.1 Å². The molecule has 0 aliphatic heterocycles. The maximum atomic E-state index is 4.70. The minimum absolute atomic E-state index is 0.820. The van der Waals surface area contributed by atoms with Crippen LogP contribution < -0.4 is 5.32 Å². The molecule has 2 aromatic rings. The van der Waals surface area contributed by atoms with Crippen LogP contribution in [0.25, 0.3) is 10.7 Å². The molecule has 5 heteroatoms. The van der Waals surface area contributed by atoms with Crippen LogP contribution in [-0.4, -0.2) is 16.5 Å². The summed E-state index contributed by atoms with van der Waals surface area (Å²) in [4.78, 5) is 11.7. The van der Waals surface area contributed by atoms with Crippen molar-refractivity contribution in [3.8, 4) is 10.7 Å². The van der Waals surface area contributed by atoms with Gasteiger partial charge in [0.1, 0.15) is 5.82 Å². The number of hydrogen-bond acceptors (Lipinski definition) is 4. The van der Waals surface area contributed by atoms with Gasteiger partial charge < -0.3 is 5.32 Å². The maximum Gasteiger partial charge on any atom is 0.171 e. The van der Waals surface area contributed by atoms with Gasteiger partial charge in [0.15, 0.2) is 5.82 Å². The Morgan fingerprint density at radius 3 is 2.63 bits per heavy atom. The fourth-order valence-electron chi connectivity index (χ4n) is 1.85. The number of aryl methyl sites for hydroxylation is 2. The quantitative estimate of drug-likeness (QED) is 0.860. The Labute approximate surface area is 126 Å². The van der Waals surface area contributed by atoms with Gasteiger partial charge >= 0.3 is 0 Å². The van der Waals surface area contributed by atoms with Crippen LogP contribution in [0.4, 0.5) is 5.82 Å². The smallest absolute Gasteiger partial charge is 0.171 e. The van der Waals surface area contributed by atoms with Crippen LogP contribution in [0, 0.1) is 6.92 Å². The van der Waals surface area contributed by atoms with Crippen molar-refractivity contribution in [1.29, 1.82) is 0 Å². The van der Waals surface area contributed by atoms with Gasteiger partial charge in [-0.3, -0.25) is 0 Å². The van der Waals surface area contributed by atoms with E-state index in [4.69, 9.17) is 4.98 Å². The van der Waals surface area contributed by atoms with Gasteiger partial charge in [-0.2, -0.15) is 0 Å². The average molecular weight is 340 g/mol. The van der Waals surface area contributed by atoms with Crippen LogP contribution in [0.15, 0.2) is 16.6 Å². The maximum absolute atomic E-state index is 4.70. The van der Waals surface area contributed by atoms with Gasteiger partial charge in [0.05, 0.1) is 15.0 Å².